The summed E-state index contributed by atoms with van der Waals surface area (Å²) in [6.45, 7) is 6.39. The Balaban J connectivity index is 1.64. The van der Waals surface area contributed by atoms with Crippen molar-refractivity contribution in [3.8, 4) is 5.69 Å². The van der Waals surface area contributed by atoms with Crippen LogP contribution in [0.1, 0.15) is 66.3 Å². The van der Waals surface area contributed by atoms with Crippen molar-refractivity contribution in [1.82, 2.24) is 15.3 Å². The van der Waals surface area contributed by atoms with Crippen molar-refractivity contribution in [1.29, 1.82) is 0 Å². The van der Waals surface area contributed by atoms with E-state index in [0.29, 0.717) is 18.2 Å². The number of hydrazone groups is 1. The lowest BCUT2D eigenvalue weighted by molar-refractivity contribution is -0.120. The highest BCUT2D eigenvalue weighted by Crippen LogP contribution is 2.21. The van der Waals surface area contributed by atoms with Crippen LogP contribution in [0.15, 0.2) is 35.4 Å². The molecule has 1 saturated carbocycles. The fourth-order valence-corrected chi connectivity index (χ4v) is 4.06. The SMILES string of the molecule is CCOC(=O)c1cccc(-n2c(C)cc(/C=N\NC(=O)CNC3CCCCC3)c2C)c1. The van der Waals surface area contributed by atoms with Gasteiger partial charge in [-0.3, -0.25) is 4.79 Å². The monoisotopic (exact) mass is 424 g/mol. The summed E-state index contributed by atoms with van der Waals surface area (Å²) in [6.07, 6.45) is 7.69. The normalized spacial score (nSPS) is 14.7. The van der Waals surface area contributed by atoms with Crippen molar-refractivity contribution in [3.63, 3.8) is 0 Å². The Kier molecular flexibility index (Phi) is 8.00. The van der Waals surface area contributed by atoms with Crippen LogP contribution in [0, 0.1) is 13.8 Å². The fourth-order valence-electron chi connectivity index (χ4n) is 4.06. The summed E-state index contributed by atoms with van der Waals surface area (Å²) in [4.78, 5) is 24.1. The molecule has 0 bridgehead atoms. The predicted molar refractivity (Wildman–Crippen MR) is 122 cm³/mol. The number of aryl methyl sites for hydroxylation is 1. The average Bonchev–Trinajstić information content (AvgIpc) is 3.06. The molecule has 7 nitrogen and oxygen atoms in total. The number of carbonyl (C=O) groups excluding carboxylic acids is 2. The number of nitrogens with one attached hydrogen (secondary N) is 2. The van der Waals surface area contributed by atoms with Crippen molar-refractivity contribution in [2.24, 2.45) is 5.10 Å². The number of carbonyl (C=O) groups is 2. The largest absolute Gasteiger partial charge is 0.462 e. The topological polar surface area (TPSA) is 84.7 Å². The van der Waals surface area contributed by atoms with Gasteiger partial charge in [-0.1, -0.05) is 25.3 Å². The molecule has 0 unspecified atom stereocenters. The minimum Gasteiger partial charge on any atom is -0.462 e. The first-order chi connectivity index (χ1) is 15.0. The molecule has 0 atom stereocenters. The van der Waals surface area contributed by atoms with E-state index in [-0.39, 0.29) is 18.4 Å². The highest BCUT2D eigenvalue weighted by atomic mass is 16.5. The van der Waals surface area contributed by atoms with Crippen LogP contribution in [-0.4, -0.2) is 41.9 Å². The molecule has 1 heterocycles. The number of hydrogen-bond acceptors (Lipinski definition) is 5. The first kappa shape index (κ1) is 22.7. The van der Waals surface area contributed by atoms with E-state index in [2.05, 4.69) is 20.4 Å². The van der Waals surface area contributed by atoms with E-state index in [0.717, 1.165) is 35.5 Å². The van der Waals surface area contributed by atoms with E-state index >= 15 is 0 Å². The van der Waals surface area contributed by atoms with E-state index in [9.17, 15) is 9.59 Å². The van der Waals surface area contributed by atoms with Crippen molar-refractivity contribution in [3.05, 3.63) is 52.8 Å². The lowest BCUT2D eigenvalue weighted by Gasteiger charge is -2.22. The van der Waals surface area contributed by atoms with Gasteiger partial charge in [0.15, 0.2) is 0 Å². The average molecular weight is 425 g/mol. The standard InChI is InChI=1S/C24H32N4O3/c1-4-31-24(30)19-9-8-12-22(14-19)28-17(2)13-20(18(28)3)15-26-27-23(29)16-25-21-10-6-5-7-11-21/h8-9,12-15,21,25H,4-7,10-11,16H2,1-3H3,(H,27,29)/b26-15-. The maximum absolute atomic E-state index is 12.1. The molecule has 1 amide bonds. The highest BCUT2D eigenvalue weighted by Gasteiger charge is 2.14. The van der Waals surface area contributed by atoms with Gasteiger partial charge in [0, 0.05) is 28.7 Å². The summed E-state index contributed by atoms with van der Waals surface area (Å²) in [6, 6.07) is 9.79. The maximum Gasteiger partial charge on any atom is 0.338 e. The third kappa shape index (κ3) is 6.04. The van der Waals surface area contributed by atoms with Crippen LogP contribution < -0.4 is 10.7 Å². The number of esters is 1. The van der Waals surface area contributed by atoms with Crippen LogP contribution in [0.5, 0.6) is 0 Å². The third-order valence-electron chi connectivity index (χ3n) is 5.64. The second kappa shape index (κ2) is 10.9. The molecule has 31 heavy (non-hydrogen) atoms. The number of nitrogens with zero attached hydrogens (tertiary/aromatic N) is 2. The molecule has 1 aromatic heterocycles. The highest BCUT2D eigenvalue weighted by molar-refractivity contribution is 5.90. The Labute approximate surface area is 183 Å². The van der Waals surface area contributed by atoms with Crippen molar-refractivity contribution < 1.29 is 14.3 Å². The van der Waals surface area contributed by atoms with Crippen molar-refractivity contribution >= 4 is 18.1 Å². The number of benzene rings is 1. The molecule has 2 N–H and O–H groups in total. The summed E-state index contributed by atoms with van der Waals surface area (Å²) in [5, 5.41) is 7.44. The van der Waals surface area contributed by atoms with E-state index in [4.69, 9.17) is 4.74 Å². The van der Waals surface area contributed by atoms with Gasteiger partial charge in [-0.25, -0.2) is 10.2 Å². The Bertz CT molecular complexity index is 942. The summed E-state index contributed by atoms with van der Waals surface area (Å²) in [5.41, 5.74) is 6.87. The van der Waals surface area contributed by atoms with Gasteiger partial charge in [0.05, 0.1) is 24.9 Å². The Hall–Kier alpha value is -2.93. The van der Waals surface area contributed by atoms with Crippen LogP contribution in [0.3, 0.4) is 0 Å². The summed E-state index contributed by atoms with van der Waals surface area (Å²) in [7, 11) is 0. The molecule has 3 rings (SSSR count). The Morgan fingerprint density at radius 2 is 1.97 bits per heavy atom. The van der Waals surface area contributed by atoms with Gasteiger partial charge >= 0.3 is 5.97 Å². The predicted octanol–water partition coefficient (Wildman–Crippen LogP) is 3.64. The zero-order valence-corrected chi connectivity index (χ0v) is 18.6. The molecule has 1 aliphatic rings. The number of rotatable bonds is 8. The molecule has 166 valence electrons. The van der Waals surface area contributed by atoms with E-state index in [1.807, 2.05) is 38.1 Å². The Morgan fingerprint density at radius 3 is 2.71 bits per heavy atom. The summed E-state index contributed by atoms with van der Waals surface area (Å²) in [5.74, 6) is -0.476. The van der Waals surface area contributed by atoms with Crippen molar-refractivity contribution in [2.45, 2.75) is 58.9 Å². The van der Waals surface area contributed by atoms with Gasteiger partial charge in [-0.15, -0.1) is 0 Å². The quantitative estimate of drug-likeness (QED) is 0.385. The molecular weight excluding hydrogens is 392 g/mol. The lowest BCUT2D eigenvalue weighted by atomic mass is 9.95. The molecule has 0 radical (unpaired) electrons. The first-order valence-corrected chi connectivity index (χ1v) is 11.0. The molecule has 7 heteroatoms. The van der Waals surface area contributed by atoms with Gasteiger partial charge in [0.25, 0.3) is 5.91 Å². The zero-order chi connectivity index (χ0) is 22.2. The maximum atomic E-state index is 12.1. The van der Waals surface area contributed by atoms with Crippen LogP contribution in [-0.2, 0) is 9.53 Å². The molecule has 2 aromatic rings. The minimum absolute atomic E-state index is 0.141. The smallest absolute Gasteiger partial charge is 0.338 e. The number of amides is 1. The molecular formula is C24H32N4O3. The fraction of sp³-hybridized carbons (Fsp3) is 0.458. The van der Waals surface area contributed by atoms with Gasteiger partial charge in [-0.05, 0) is 57.9 Å². The molecule has 1 aliphatic carbocycles. The van der Waals surface area contributed by atoms with Gasteiger partial charge in [0.2, 0.25) is 0 Å². The third-order valence-corrected chi connectivity index (χ3v) is 5.64. The van der Waals surface area contributed by atoms with Gasteiger partial charge < -0.3 is 14.6 Å². The van der Waals surface area contributed by atoms with Gasteiger partial charge in [0.1, 0.15) is 0 Å². The van der Waals surface area contributed by atoms with Crippen LogP contribution in [0.4, 0.5) is 0 Å². The van der Waals surface area contributed by atoms with E-state index in [1.165, 1.54) is 19.3 Å². The van der Waals surface area contributed by atoms with E-state index < -0.39 is 0 Å². The molecule has 0 saturated heterocycles. The molecule has 1 aromatic carbocycles. The summed E-state index contributed by atoms with van der Waals surface area (Å²) >= 11 is 0. The first-order valence-electron chi connectivity index (χ1n) is 11.0. The number of ether oxygens (including phenoxy) is 1. The number of hydrogen-bond donors (Lipinski definition) is 2. The lowest BCUT2D eigenvalue weighted by Crippen LogP contribution is -2.38. The number of aromatic nitrogens is 1. The van der Waals surface area contributed by atoms with Crippen LogP contribution >= 0.6 is 0 Å². The minimum atomic E-state index is -0.335. The molecule has 0 aliphatic heterocycles. The second-order valence-corrected chi connectivity index (χ2v) is 7.94. The Morgan fingerprint density at radius 1 is 1.19 bits per heavy atom. The van der Waals surface area contributed by atoms with Gasteiger partial charge in [-0.2, -0.15) is 5.10 Å². The van der Waals surface area contributed by atoms with E-state index in [1.54, 1.807) is 19.2 Å². The molecule has 1 fully saturated rings. The second-order valence-electron chi connectivity index (χ2n) is 7.94. The van der Waals surface area contributed by atoms with Crippen LogP contribution in [0.25, 0.3) is 5.69 Å². The van der Waals surface area contributed by atoms with Crippen molar-refractivity contribution in [2.75, 3.05) is 13.2 Å². The van der Waals surface area contributed by atoms with Crippen LogP contribution in [0.2, 0.25) is 0 Å². The zero-order valence-electron chi connectivity index (χ0n) is 18.6. The molecule has 0 spiro atoms. The summed E-state index contributed by atoms with van der Waals surface area (Å²) < 4.78 is 7.16.